The standard InChI is InChI=1S/C7H14N2O4/c1-7(2,3)12-6(11)9-4-5(10)13-8/h4,8H2,1-3H3,(H,9,11). The second-order valence-corrected chi connectivity index (χ2v) is 3.35. The maximum atomic E-state index is 10.9. The van der Waals surface area contributed by atoms with Gasteiger partial charge < -0.3 is 14.9 Å². The molecule has 0 saturated heterocycles. The summed E-state index contributed by atoms with van der Waals surface area (Å²) in [5.41, 5.74) is -0.587. The van der Waals surface area contributed by atoms with E-state index in [2.05, 4.69) is 16.1 Å². The number of ether oxygens (including phenoxy) is 1. The zero-order valence-corrected chi connectivity index (χ0v) is 7.92. The number of nitrogens with one attached hydrogen (secondary N) is 1. The summed E-state index contributed by atoms with van der Waals surface area (Å²) in [6.45, 7) is 4.85. The van der Waals surface area contributed by atoms with Gasteiger partial charge in [0.05, 0.1) is 0 Å². The molecule has 76 valence electrons. The predicted octanol–water partition coefficient (Wildman–Crippen LogP) is -0.0720. The Morgan fingerprint density at radius 3 is 2.31 bits per heavy atom. The summed E-state index contributed by atoms with van der Waals surface area (Å²) in [5.74, 6) is 3.81. The Bertz CT molecular complexity index is 197. The van der Waals surface area contributed by atoms with E-state index in [0.717, 1.165) is 0 Å². The minimum Gasteiger partial charge on any atom is -0.444 e. The highest BCUT2D eigenvalue weighted by molar-refractivity contribution is 5.77. The summed E-state index contributed by atoms with van der Waals surface area (Å²) in [6, 6.07) is 0. The van der Waals surface area contributed by atoms with E-state index < -0.39 is 17.7 Å². The molecule has 0 radical (unpaired) electrons. The molecular weight excluding hydrogens is 176 g/mol. The molecule has 0 aliphatic heterocycles. The van der Waals surface area contributed by atoms with Crippen LogP contribution in [-0.4, -0.2) is 24.2 Å². The molecule has 0 aromatic carbocycles. The van der Waals surface area contributed by atoms with Crippen molar-refractivity contribution >= 4 is 12.1 Å². The highest BCUT2D eigenvalue weighted by atomic mass is 16.7. The highest BCUT2D eigenvalue weighted by Gasteiger charge is 2.16. The number of hydrogen-bond acceptors (Lipinski definition) is 5. The van der Waals surface area contributed by atoms with Crippen LogP contribution in [0.15, 0.2) is 0 Å². The lowest BCUT2D eigenvalue weighted by Crippen LogP contribution is -2.36. The zero-order chi connectivity index (χ0) is 10.5. The van der Waals surface area contributed by atoms with Gasteiger partial charge in [0.25, 0.3) is 0 Å². The molecule has 0 unspecified atom stereocenters. The van der Waals surface area contributed by atoms with Crippen molar-refractivity contribution in [3.8, 4) is 0 Å². The number of carbonyl (C=O) groups is 2. The van der Waals surface area contributed by atoms with E-state index in [1.165, 1.54) is 0 Å². The summed E-state index contributed by atoms with van der Waals surface area (Å²) >= 11 is 0. The van der Waals surface area contributed by atoms with E-state index in [1.54, 1.807) is 20.8 Å². The van der Waals surface area contributed by atoms with E-state index >= 15 is 0 Å². The van der Waals surface area contributed by atoms with E-state index in [0.29, 0.717) is 0 Å². The van der Waals surface area contributed by atoms with Gasteiger partial charge in [-0.2, -0.15) is 5.90 Å². The van der Waals surface area contributed by atoms with Crippen LogP contribution in [0, 0.1) is 0 Å². The van der Waals surface area contributed by atoms with Crippen LogP contribution in [0.25, 0.3) is 0 Å². The first-order chi connectivity index (χ1) is 5.85. The number of nitrogens with two attached hydrogens (primary N) is 1. The number of amides is 1. The maximum absolute atomic E-state index is 10.9. The van der Waals surface area contributed by atoms with Crippen LogP contribution in [0.1, 0.15) is 20.8 Å². The first-order valence-corrected chi connectivity index (χ1v) is 3.71. The molecule has 0 aromatic rings. The molecule has 6 heteroatoms. The highest BCUT2D eigenvalue weighted by Crippen LogP contribution is 2.05. The van der Waals surface area contributed by atoms with Crippen LogP contribution in [0.3, 0.4) is 0 Å². The summed E-state index contributed by atoms with van der Waals surface area (Å²) in [5, 5.41) is 2.17. The van der Waals surface area contributed by atoms with Crippen LogP contribution < -0.4 is 11.2 Å². The van der Waals surface area contributed by atoms with Gasteiger partial charge in [-0.1, -0.05) is 0 Å². The van der Waals surface area contributed by atoms with Crippen molar-refractivity contribution in [1.29, 1.82) is 0 Å². The fourth-order valence-corrected chi connectivity index (χ4v) is 0.500. The van der Waals surface area contributed by atoms with E-state index in [9.17, 15) is 9.59 Å². The number of alkyl carbamates (subject to hydrolysis) is 1. The molecule has 0 saturated carbocycles. The third kappa shape index (κ3) is 7.07. The Kier molecular flexibility index (Phi) is 4.19. The fourth-order valence-electron chi connectivity index (χ4n) is 0.500. The lowest BCUT2D eigenvalue weighted by molar-refractivity contribution is -0.143. The van der Waals surface area contributed by atoms with Crippen molar-refractivity contribution in [3.63, 3.8) is 0 Å². The largest absolute Gasteiger partial charge is 0.444 e. The van der Waals surface area contributed by atoms with Crippen LogP contribution in [0.5, 0.6) is 0 Å². The van der Waals surface area contributed by atoms with Gasteiger partial charge in [0, 0.05) is 0 Å². The Morgan fingerprint density at radius 2 is 1.92 bits per heavy atom. The summed E-state index contributed by atoms with van der Waals surface area (Å²) in [6.07, 6.45) is -0.682. The molecule has 0 aromatic heterocycles. The molecule has 1 amide bonds. The molecule has 3 N–H and O–H groups in total. The number of hydrogen-bond donors (Lipinski definition) is 2. The second kappa shape index (κ2) is 4.66. The topological polar surface area (TPSA) is 90.6 Å². The summed E-state index contributed by atoms with van der Waals surface area (Å²) in [7, 11) is 0. The van der Waals surface area contributed by atoms with Gasteiger partial charge in [0.1, 0.15) is 12.1 Å². The molecule has 0 spiro atoms. The van der Waals surface area contributed by atoms with E-state index in [1.807, 2.05) is 0 Å². The minimum atomic E-state index is -0.731. The first kappa shape index (κ1) is 11.7. The lowest BCUT2D eigenvalue weighted by Gasteiger charge is -2.19. The maximum Gasteiger partial charge on any atom is 0.408 e. The summed E-state index contributed by atoms with van der Waals surface area (Å²) in [4.78, 5) is 25.2. The van der Waals surface area contributed by atoms with Crippen LogP contribution in [0.4, 0.5) is 4.79 Å². The van der Waals surface area contributed by atoms with Crippen molar-refractivity contribution < 1.29 is 19.2 Å². The quantitative estimate of drug-likeness (QED) is 0.595. The van der Waals surface area contributed by atoms with Gasteiger partial charge in [-0.3, -0.25) is 0 Å². The molecule has 0 fully saturated rings. The van der Waals surface area contributed by atoms with Crippen molar-refractivity contribution in [2.24, 2.45) is 5.90 Å². The normalized spacial score (nSPS) is 10.5. The molecular formula is C7H14N2O4. The Hall–Kier alpha value is -1.30. The van der Waals surface area contributed by atoms with Gasteiger partial charge in [-0.15, -0.1) is 0 Å². The molecule has 0 aliphatic carbocycles. The molecule has 0 rings (SSSR count). The molecule has 0 atom stereocenters. The van der Waals surface area contributed by atoms with Gasteiger partial charge in [-0.25, -0.2) is 9.59 Å². The SMILES string of the molecule is CC(C)(C)OC(=O)NCC(=O)ON. The van der Waals surface area contributed by atoms with Crippen molar-refractivity contribution in [2.75, 3.05) is 6.54 Å². The Morgan fingerprint density at radius 1 is 1.38 bits per heavy atom. The number of carbonyl (C=O) groups excluding carboxylic acids is 2. The van der Waals surface area contributed by atoms with Gasteiger partial charge in [0.15, 0.2) is 0 Å². The van der Waals surface area contributed by atoms with E-state index in [4.69, 9.17) is 4.74 Å². The lowest BCUT2D eigenvalue weighted by atomic mass is 10.2. The van der Waals surface area contributed by atoms with Gasteiger partial charge in [-0.05, 0) is 20.8 Å². The first-order valence-electron chi connectivity index (χ1n) is 3.71. The average molecular weight is 190 g/mol. The van der Waals surface area contributed by atoms with Crippen LogP contribution in [-0.2, 0) is 14.4 Å². The van der Waals surface area contributed by atoms with Crippen molar-refractivity contribution in [3.05, 3.63) is 0 Å². The zero-order valence-electron chi connectivity index (χ0n) is 7.92. The van der Waals surface area contributed by atoms with Crippen LogP contribution in [0.2, 0.25) is 0 Å². The molecule has 0 heterocycles. The fraction of sp³-hybridized carbons (Fsp3) is 0.714. The average Bonchev–Trinajstić information content (AvgIpc) is 1.97. The van der Waals surface area contributed by atoms with Crippen molar-refractivity contribution in [1.82, 2.24) is 5.32 Å². The third-order valence-corrected chi connectivity index (χ3v) is 0.907. The Labute approximate surface area is 76.3 Å². The predicted molar refractivity (Wildman–Crippen MR) is 44.5 cm³/mol. The molecule has 13 heavy (non-hydrogen) atoms. The summed E-state index contributed by atoms with van der Waals surface area (Å²) < 4.78 is 4.83. The second-order valence-electron chi connectivity index (χ2n) is 3.35. The van der Waals surface area contributed by atoms with Gasteiger partial charge in [0.2, 0.25) is 0 Å². The van der Waals surface area contributed by atoms with Gasteiger partial charge >= 0.3 is 12.1 Å². The minimum absolute atomic E-state index is 0.300. The number of rotatable bonds is 2. The smallest absolute Gasteiger partial charge is 0.408 e. The monoisotopic (exact) mass is 190 g/mol. The molecule has 0 aliphatic rings. The van der Waals surface area contributed by atoms with E-state index in [-0.39, 0.29) is 6.54 Å². The third-order valence-electron chi connectivity index (χ3n) is 0.907. The van der Waals surface area contributed by atoms with Crippen molar-refractivity contribution in [2.45, 2.75) is 26.4 Å². The Balaban J connectivity index is 3.71. The molecule has 0 bridgehead atoms. The molecule has 6 nitrogen and oxygen atoms in total. The van der Waals surface area contributed by atoms with Crippen LogP contribution >= 0.6 is 0 Å².